The predicted molar refractivity (Wildman–Crippen MR) is 122 cm³/mol. The van der Waals surface area contributed by atoms with Gasteiger partial charge in [-0.25, -0.2) is 0 Å². The number of nitrogens with one attached hydrogen (secondary N) is 1. The first kappa shape index (κ1) is 19.9. The third kappa shape index (κ3) is 3.52. The average molecular weight is 416 g/mol. The Morgan fingerprint density at radius 2 is 1.77 bits per heavy atom. The van der Waals surface area contributed by atoms with E-state index < -0.39 is 6.04 Å². The van der Waals surface area contributed by atoms with Crippen LogP contribution in [0.4, 0.5) is 0 Å². The maximum atomic E-state index is 13.5. The van der Waals surface area contributed by atoms with Crippen LogP contribution in [0.25, 0.3) is 10.9 Å². The minimum absolute atomic E-state index is 0.0626. The maximum Gasteiger partial charge on any atom is 0.246 e. The van der Waals surface area contributed by atoms with Crippen LogP contribution in [0.1, 0.15) is 43.1 Å². The van der Waals surface area contributed by atoms with Gasteiger partial charge >= 0.3 is 0 Å². The van der Waals surface area contributed by atoms with Gasteiger partial charge in [0.1, 0.15) is 6.04 Å². The fourth-order valence-electron chi connectivity index (χ4n) is 5.29. The Morgan fingerprint density at radius 1 is 1.03 bits per heavy atom. The number of rotatable bonds is 5. The van der Waals surface area contributed by atoms with Crippen LogP contribution in [-0.4, -0.2) is 45.7 Å². The summed E-state index contributed by atoms with van der Waals surface area (Å²) in [6.45, 7) is 4.99. The molecule has 0 bridgehead atoms. The van der Waals surface area contributed by atoms with Crippen LogP contribution in [0.3, 0.4) is 0 Å². The van der Waals surface area contributed by atoms with Gasteiger partial charge in [0.05, 0.1) is 12.6 Å². The molecule has 1 N–H and O–H groups in total. The molecule has 0 radical (unpaired) electrons. The van der Waals surface area contributed by atoms with Crippen molar-refractivity contribution < 1.29 is 9.59 Å². The summed E-state index contributed by atoms with van der Waals surface area (Å²) in [6.07, 6.45) is 2.24. The Kier molecular flexibility index (Phi) is 5.05. The molecule has 1 aromatic heterocycles. The summed E-state index contributed by atoms with van der Waals surface area (Å²) in [5.74, 6) is 0.492. The first-order chi connectivity index (χ1) is 15.0. The fraction of sp³-hybridized carbons (Fsp3) is 0.385. The molecule has 1 unspecified atom stereocenters. The highest BCUT2D eigenvalue weighted by Crippen LogP contribution is 2.41. The molecule has 2 aliphatic heterocycles. The lowest BCUT2D eigenvalue weighted by atomic mass is 9.86. The zero-order chi connectivity index (χ0) is 21.5. The Hall–Kier alpha value is -3.08. The number of carbonyl (C=O) groups is 2. The molecule has 5 nitrogen and oxygen atoms in total. The number of hydrogen-bond acceptors (Lipinski definition) is 2. The van der Waals surface area contributed by atoms with Gasteiger partial charge in [0, 0.05) is 29.6 Å². The molecule has 160 valence electrons. The summed E-state index contributed by atoms with van der Waals surface area (Å²) >= 11 is 0. The number of nitrogens with zero attached hydrogens (tertiary/aromatic N) is 2. The van der Waals surface area contributed by atoms with Crippen molar-refractivity contribution in [3.05, 3.63) is 71.4 Å². The highest BCUT2D eigenvalue weighted by Gasteiger charge is 2.47. The molecule has 3 aromatic rings. The Labute approximate surface area is 183 Å². The molecule has 1 saturated heterocycles. The van der Waals surface area contributed by atoms with Gasteiger partial charge < -0.3 is 14.8 Å². The number of aromatic nitrogens is 1. The lowest BCUT2D eigenvalue weighted by Crippen LogP contribution is -2.63. The number of aromatic amines is 1. The largest absolute Gasteiger partial charge is 0.356 e. The van der Waals surface area contributed by atoms with Gasteiger partial charge in [-0.3, -0.25) is 9.59 Å². The van der Waals surface area contributed by atoms with E-state index in [1.54, 1.807) is 4.90 Å². The number of fused-ring (bicyclic) bond motifs is 4. The molecular weight excluding hydrogens is 386 g/mol. The van der Waals surface area contributed by atoms with Crippen LogP contribution in [0.15, 0.2) is 54.6 Å². The third-order valence-electron chi connectivity index (χ3n) is 6.59. The number of hydrogen-bond donors (Lipinski definition) is 1. The molecule has 1 fully saturated rings. The zero-order valence-corrected chi connectivity index (χ0v) is 18.2. The van der Waals surface area contributed by atoms with E-state index in [4.69, 9.17) is 0 Å². The highest BCUT2D eigenvalue weighted by molar-refractivity contribution is 5.97. The molecule has 0 saturated carbocycles. The van der Waals surface area contributed by atoms with Crippen LogP contribution in [0.2, 0.25) is 0 Å². The minimum Gasteiger partial charge on any atom is -0.356 e. The second-order valence-electron chi connectivity index (χ2n) is 9.24. The van der Waals surface area contributed by atoms with E-state index >= 15 is 0 Å². The van der Waals surface area contributed by atoms with Crippen LogP contribution in [0.5, 0.6) is 0 Å². The number of amides is 2. The number of piperazine rings is 1. The van der Waals surface area contributed by atoms with Crippen molar-refractivity contribution in [3.8, 4) is 0 Å². The number of aryl methyl sites for hydroxylation is 1. The second kappa shape index (κ2) is 7.88. The van der Waals surface area contributed by atoms with E-state index in [9.17, 15) is 9.59 Å². The lowest BCUT2D eigenvalue weighted by molar-refractivity contribution is -0.160. The van der Waals surface area contributed by atoms with Gasteiger partial charge in [0.25, 0.3) is 0 Å². The fourth-order valence-corrected chi connectivity index (χ4v) is 5.29. The standard InChI is InChI=1S/C26H29N3O2/c1-17(2)15-28-16-24(30)29-22(13-12-18-8-4-3-5-9-18)25-20(14-23(29)26(28)31)19-10-6-7-11-21(19)27-25/h3-11,17,22-23,27H,12-16H2,1-2H3/t22?,23-/m0/s1. The summed E-state index contributed by atoms with van der Waals surface area (Å²) in [4.78, 5) is 34.0. The SMILES string of the molecule is CC(C)CN1CC(=O)N2C(CCc3ccccc3)c3[nH]c4ccccc4c3C[C@H]2C1=O. The average Bonchev–Trinajstić information content (AvgIpc) is 3.14. The van der Waals surface area contributed by atoms with Gasteiger partial charge in [0.15, 0.2) is 0 Å². The first-order valence-corrected chi connectivity index (χ1v) is 11.3. The number of carbonyl (C=O) groups excluding carboxylic acids is 2. The topological polar surface area (TPSA) is 56.4 Å². The zero-order valence-electron chi connectivity index (χ0n) is 18.2. The van der Waals surface area contributed by atoms with Crippen molar-refractivity contribution in [2.45, 2.75) is 45.2 Å². The normalized spacial score (nSPS) is 21.0. The van der Waals surface area contributed by atoms with Crippen LogP contribution >= 0.6 is 0 Å². The third-order valence-corrected chi connectivity index (χ3v) is 6.59. The van der Waals surface area contributed by atoms with Crippen LogP contribution in [0, 0.1) is 5.92 Å². The predicted octanol–water partition coefficient (Wildman–Crippen LogP) is 4.09. The van der Waals surface area contributed by atoms with E-state index in [0.29, 0.717) is 18.9 Å². The first-order valence-electron chi connectivity index (χ1n) is 11.3. The minimum atomic E-state index is -0.410. The van der Waals surface area contributed by atoms with E-state index in [2.05, 4.69) is 43.1 Å². The van der Waals surface area contributed by atoms with Gasteiger partial charge in [-0.2, -0.15) is 0 Å². The van der Waals surface area contributed by atoms with Gasteiger partial charge in [0.2, 0.25) is 11.8 Å². The van der Waals surface area contributed by atoms with Crippen molar-refractivity contribution >= 4 is 22.7 Å². The molecule has 2 aromatic carbocycles. The molecule has 2 aliphatic rings. The monoisotopic (exact) mass is 415 g/mol. The van der Waals surface area contributed by atoms with Crippen molar-refractivity contribution in [1.29, 1.82) is 0 Å². The Balaban J connectivity index is 1.55. The van der Waals surface area contributed by atoms with Crippen molar-refractivity contribution in [2.75, 3.05) is 13.1 Å². The van der Waals surface area contributed by atoms with Crippen LogP contribution in [-0.2, 0) is 22.4 Å². The van der Waals surface area contributed by atoms with Gasteiger partial charge in [-0.15, -0.1) is 0 Å². The number of benzene rings is 2. The van der Waals surface area contributed by atoms with E-state index in [0.717, 1.165) is 24.1 Å². The molecule has 0 aliphatic carbocycles. The van der Waals surface area contributed by atoms with E-state index in [-0.39, 0.29) is 24.4 Å². The van der Waals surface area contributed by atoms with Gasteiger partial charge in [-0.1, -0.05) is 62.4 Å². The lowest BCUT2D eigenvalue weighted by Gasteiger charge is -2.47. The smallest absolute Gasteiger partial charge is 0.246 e. The summed E-state index contributed by atoms with van der Waals surface area (Å²) < 4.78 is 0. The van der Waals surface area contributed by atoms with Crippen molar-refractivity contribution in [3.63, 3.8) is 0 Å². The molecule has 5 heteroatoms. The Bertz CT molecular complexity index is 1120. The summed E-state index contributed by atoms with van der Waals surface area (Å²) in [7, 11) is 0. The van der Waals surface area contributed by atoms with Crippen molar-refractivity contribution in [1.82, 2.24) is 14.8 Å². The molecule has 31 heavy (non-hydrogen) atoms. The molecular formula is C26H29N3O2. The molecule has 5 rings (SSSR count). The number of H-pyrrole nitrogens is 1. The molecule has 2 amide bonds. The van der Waals surface area contributed by atoms with Crippen LogP contribution < -0.4 is 0 Å². The van der Waals surface area contributed by atoms with E-state index in [1.807, 2.05) is 35.2 Å². The quantitative estimate of drug-likeness (QED) is 0.682. The molecule has 3 heterocycles. The highest BCUT2D eigenvalue weighted by atomic mass is 16.2. The number of para-hydroxylation sites is 1. The van der Waals surface area contributed by atoms with E-state index in [1.165, 1.54) is 16.5 Å². The summed E-state index contributed by atoms with van der Waals surface area (Å²) in [5.41, 5.74) is 4.63. The molecule has 2 atom stereocenters. The second-order valence-corrected chi connectivity index (χ2v) is 9.24. The van der Waals surface area contributed by atoms with Crippen molar-refractivity contribution in [2.24, 2.45) is 5.92 Å². The summed E-state index contributed by atoms with van der Waals surface area (Å²) in [6, 6.07) is 18.1. The Morgan fingerprint density at radius 3 is 2.55 bits per heavy atom. The van der Waals surface area contributed by atoms with Gasteiger partial charge in [-0.05, 0) is 36.0 Å². The molecule has 0 spiro atoms. The maximum absolute atomic E-state index is 13.5. The summed E-state index contributed by atoms with van der Waals surface area (Å²) in [5, 5.41) is 1.17.